The molecule has 0 aromatic carbocycles. The molecular formula is C13H22N2O3S. The Labute approximate surface area is 114 Å². The predicted octanol–water partition coefficient (Wildman–Crippen LogP) is 1.59. The lowest BCUT2D eigenvalue weighted by molar-refractivity contribution is 0.268. The Morgan fingerprint density at radius 3 is 2.53 bits per heavy atom. The van der Waals surface area contributed by atoms with E-state index in [9.17, 15) is 13.5 Å². The molecule has 0 unspecified atom stereocenters. The van der Waals surface area contributed by atoms with Crippen molar-refractivity contribution in [2.45, 2.75) is 44.2 Å². The van der Waals surface area contributed by atoms with E-state index in [4.69, 9.17) is 0 Å². The van der Waals surface area contributed by atoms with Crippen molar-refractivity contribution in [3.8, 4) is 0 Å². The van der Waals surface area contributed by atoms with Crippen molar-refractivity contribution < 1.29 is 13.5 Å². The Hall–Kier alpha value is -0.850. The number of hydrogen-bond donors (Lipinski definition) is 1. The third-order valence-corrected chi connectivity index (χ3v) is 5.33. The summed E-state index contributed by atoms with van der Waals surface area (Å²) >= 11 is 0. The van der Waals surface area contributed by atoms with Crippen LogP contribution in [0.4, 0.5) is 0 Å². The molecule has 1 heterocycles. The number of sulfonamides is 1. The molecule has 1 aromatic heterocycles. The highest BCUT2D eigenvalue weighted by atomic mass is 32.2. The fourth-order valence-corrected chi connectivity index (χ4v) is 3.49. The Morgan fingerprint density at radius 2 is 2.11 bits per heavy atom. The van der Waals surface area contributed by atoms with Gasteiger partial charge >= 0.3 is 0 Å². The molecule has 0 radical (unpaired) electrons. The van der Waals surface area contributed by atoms with Gasteiger partial charge in [-0.25, -0.2) is 12.7 Å². The van der Waals surface area contributed by atoms with Gasteiger partial charge in [-0.05, 0) is 38.7 Å². The number of nitrogens with zero attached hydrogens (tertiary/aromatic N) is 2. The van der Waals surface area contributed by atoms with Crippen molar-refractivity contribution in [2.75, 3.05) is 13.6 Å². The van der Waals surface area contributed by atoms with Crippen molar-refractivity contribution in [3.63, 3.8) is 0 Å². The summed E-state index contributed by atoms with van der Waals surface area (Å²) in [6.45, 7) is 4.36. The molecule has 0 amide bonds. The molecule has 108 valence electrons. The standard InChI is InChI=1S/C13H22N2O3S/c1-10(2)15-8-13(6-12(15)9-16)19(17,18)14(3)7-11-4-5-11/h6,8,10-11,16H,4-5,7,9H2,1-3H3. The van der Waals surface area contributed by atoms with Crippen LogP contribution in [0.2, 0.25) is 0 Å². The van der Waals surface area contributed by atoms with Gasteiger partial charge in [0.1, 0.15) is 4.90 Å². The molecule has 19 heavy (non-hydrogen) atoms. The third-order valence-electron chi connectivity index (χ3n) is 3.55. The molecule has 0 atom stereocenters. The van der Waals surface area contributed by atoms with E-state index in [2.05, 4.69) is 0 Å². The SMILES string of the molecule is CC(C)n1cc(S(=O)(=O)N(C)CC2CC2)cc1CO. The molecule has 1 N–H and O–H groups in total. The van der Waals surface area contributed by atoms with Crippen LogP contribution in [0.1, 0.15) is 38.4 Å². The van der Waals surface area contributed by atoms with Gasteiger partial charge in [0, 0.05) is 31.5 Å². The quantitative estimate of drug-likeness (QED) is 0.864. The van der Waals surface area contributed by atoms with Gasteiger partial charge in [0.05, 0.1) is 6.61 Å². The highest BCUT2D eigenvalue weighted by Crippen LogP contribution is 2.31. The van der Waals surface area contributed by atoms with E-state index in [1.165, 1.54) is 4.31 Å². The van der Waals surface area contributed by atoms with E-state index in [1.807, 2.05) is 13.8 Å². The van der Waals surface area contributed by atoms with Crippen LogP contribution in [0.25, 0.3) is 0 Å². The summed E-state index contributed by atoms with van der Waals surface area (Å²) in [5.74, 6) is 0.518. The van der Waals surface area contributed by atoms with Crippen molar-refractivity contribution in [1.29, 1.82) is 0 Å². The molecule has 1 aliphatic carbocycles. The van der Waals surface area contributed by atoms with Crippen LogP contribution < -0.4 is 0 Å². The van der Waals surface area contributed by atoms with Gasteiger partial charge in [0.2, 0.25) is 10.0 Å². The van der Waals surface area contributed by atoms with Crippen molar-refractivity contribution in [1.82, 2.24) is 8.87 Å². The first-order valence-electron chi connectivity index (χ1n) is 6.64. The number of rotatable bonds is 6. The minimum atomic E-state index is -3.44. The van der Waals surface area contributed by atoms with Crippen LogP contribution in [-0.4, -0.2) is 36.0 Å². The molecule has 1 fully saturated rings. The van der Waals surface area contributed by atoms with Gasteiger partial charge < -0.3 is 9.67 Å². The maximum atomic E-state index is 12.4. The molecule has 1 saturated carbocycles. The lowest BCUT2D eigenvalue weighted by atomic mass is 10.3. The zero-order valence-corrected chi connectivity index (χ0v) is 12.5. The second kappa shape index (κ2) is 5.26. The molecule has 5 nitrogen and oxygen atoms in total. The zero-order valence-electron chi connectivity index (χ0n) is 11.7. The molecule has 1 aromatic rings. The first-order chi connectivity index (χ1) is 8.86. The predicted molar refractivity (Wildman–Crippen MR) is 73.3 cm³/mol. The van der Waals surface area contributed by atoms with E-state index in [-0.39, 0.29) is 17.5 Å². The van der Waals surface area contributed by atoms with E-state index in [1.54, 1.807) is 23.9 Å². The maximum Gasteiger partial charge on any atom is 0.244 e. The summed E-state index contributed by atoms with van der Waals surface area (Å²) < 4.78 is 28.1. The van der Waals surface area contributed by atoms with Gasteiger partial charge in [-0.3, -0.25) is 0 Å². The Morgan fingerprint density at radius 1 is 1.47 bits per heavy atom. The zero-order chi connectivity index (χ0) is 14.2. The highest BCUT2D eigenvalue weighted by Gasteiger charge is 2.30. The second-order valence-corrected chi connectivity index (χ2v) is 7.60. The summed E-state index contributed by atoms with van der Waals surface area (Å²) in [6, 6.07) is 1.69. The summed E-state index contributed by atoms with van der Waals surface area (Å²) in [5.41, 5.74) is 0.633. The second-order valence-electron chi connectivity index (χ2n) is 5.56. The molecule has 0 spiro atoms. The van der Waals surface area contributed by atoms with Crippen LogP contribution in [-0.2, 0) is 16.6 Å². The number of aliphatic hydroxyl groups excluding tert-OH is 1. The molecule has 2 rings (SSSR count). The van der Waals surface area contributed by atoms with Gasteiger partial charge in [-0.15, -0.1) is 0 Å². The topological polar surface area (TPSA) is 62.5 Å². The van der Waals surface area contributed by atoms with E-state index < -0.39 is 10.0 Å². The number of aliphatic hydroxyl groups is 1. The molecule has 1 aliphatic rings. The average Bonchev–Trinajstić information content (AvgIpc) is 3.03. The molecule has 6 heteroatoms. The summed E-state index contributed by atoms with van der Waals surface area (Å²) in [6.07, 6.45) is 3.86. The summed E-state index contributed by atoms with van der Waals surface area (Å²) in [4.78, 5) is 0.272. The van der Waals surface area contributed by atoms with Crippen LogP contribution in [0.5, 0.6) is 0 Å². The average molecular weight is 286 g/mol. The summed E-state index contributed by atoms with van der Waals surface area (Å²) in [7, 11) is -1.81. The van der Waals surface area contributed by atoms with E-state index in [0.29, 0.717) is 18.2 Å². The largest absolute Gasteiger partial charge is 0.390 e. The minimum Gasteiger partial charge on any atom is -0.390 e. The fraction of sp³-hybridized carbons (Fsp3) is 0.692. The van der Waals surface area contributed by atoms with Crippen LogP contribution >= 0.6 is 0 Å². The van der Waals surface area contributed by atoms with E-state index >= 15 is 0 Å². The maximum absolute atomic E-state index is 12.4. The number of aromatic nitrogens is 1. The Kier molecular flexibility index (Phi) is 4.03. The van der Waals surface area contributed by atoms with Crippen LogP contribution in [0.3, 0.4) is 0 Å². The normalized spacial score (nSPS) is 16.5. The third kappa shape index (κ3) is 3.01. The lowest BCUT2D eigenvalue weighted by Crippen LogP contribution is -2.28. The molecule has 0 bridgehead atoms. The van der Waals surface area contributed by atoms with Gasteiger partial charge in [0.15, 0.2) is 0 Å². The first-order valence-corrected chi connectivity index (χ1v) is 8.08. The minimum absolute atomic E-state index is 0.125. The summed E-state index contributed by atoms with van der Waals surface area (Å²) in [5, 5.41) is 9.31. The first kappa shape index (κ1) is 14.6. The lowest BCUT2D eigenvalue weighted by Gasteiger charge is -2.15. The molecular weight excluding hydrogens is 264 g/mol. The number of hydrogen-bond acceptors (Lipinski definition) is 3. The van der Waals surface area contributed by atoms with Crippen molar-refractivity contribution in [2.24, 2.45) is 5.92 Å². The van der Waals surface area contributed by atoms with Gasteiger partial charge in [-0.1, -0.05) is 0 Å². The smallest absolute Gasteiger partial charge is 0.244 e. The van der Waals surface area contributed by atoms with Gasteiger partial charge in [0.25, 0.3) is 0 Å². The Bertz CT molecular complexity index is 544. The van der Waals surface area contributed by atoms with Crippen molar-refractivity contribution >= 4 is 10.0 Å². The van der Waals surface area contributed by atoms with Crippen LogP contribution in [0, 0.1) is 5.92 Å². The fourth-order valence-electron chi connectivity index (χ4n) is 2.19. The van der Waals surface area contributed by atoms with Crippen molar-refractivity contribution in [3.05, 3.63) is 18.0 Å². The van der Waals surface area contributed by atoms with Crippen LogP contribution in [0.15, 0.2) is 17.2 Å². The highest BCUT2D eigenvalue weighted by molar-refractivity contribution is 7.89. The van der Waals surface area contributed by atoms with E-state index in [0.717, 1.165) is 12.8 Å². The molecule has 0 aliphatic heterocycles. The monoisotopic (exact) mass is 286 g/mol. The molecule has 0 saturated heterocycles. The Balaban J connectivity index is 2.28. The van der Waals surface area contributed by atoms with Gasteiger partial charge in [-0.2, -0.15) is 0 Å².